The van der Waals surface area contributed by atoms with Crippen LogP contribution in [-0.4, -0.2) is 18.5 Å². The molecule has 3 N–H and O–H groups in total. The van der Waals surface area contributed by atoms with Crippen molar-refractivity contribution in [3.05, 3.63) is 0 Å². The van der Waals surface area contributed by atoms with Crippen LogP contribution >= 0.6 is 0 Å². The molecule has 114 valence electrons. The van der Waals surface area contributed by atoms with Crippen LogP contribution in [0.25, 0.3) is 0 Å². The van der Waals surface area contributed by atoms with Gasteiger partial charge in [-0.25, -0.2) is 0 Å². The van der Waals surface area contributed by atoms with Gasteiger partial charge in [-0.05, 0) is 32.1 Å². The minimum absolute atomic E-state index is 0.162. The molecule has 0 aromatic heterocycles. The number of nitrogens with two attached hydrogens (primary N) is 1. The molecule has 0 heterocycles. The lowest BCUT2D eigenvalue weighted by molar-refractivity contribution is -0.132. The zero-order valence-electron chi connectivity index (χ0n) is 13.6. The number of carbonyl (C=O) groups excluding carboxylic acids is 1. The van der Waals surface area contributed by atoms with Gasteiger partial charge in [-0.2, -0.15) is 0 Å². The highest BCUT2D eigenvalue weighted by molar-refractivity contribution is 5.83. The van der Waals surface area contributed by atoms with Gasteiger partial charge in [0.15, 0.2) is 0 Å². The minimum atomic E-state index is -0.354. The fourth-order valence-corrected chi connectivity index (χ4v) is 2.81. The molecule has 2 unspecified atom stereocenters. The lowest BCUT2D eigenvalue weighted by Gasteiger charge is -2.32. The molecule has 0 aromatic rings. The standard InChI is InChI=1S/C16H34N2O/c1-6-9-16(12-17,10-7-2)15(19)18-14(5)11-13(4)8-3/h13-14H,6-12,17H2,1-5H3,(H,18,19). The molecule has 3 heteroatoms. The summed E-state index contributed by atoms with van der Waals surface area (Å²) in [6.07, 6.45) is 5.99. The highest BCUT2D eigenvalue weighted by Crippen LogP contribution is 2.29. The summed E-state index contributed by atoms with van der Waals surface area (Å²) in [6.45, 7) is 11.2. The van der Waals surface area contributed by atoms with Crippen molar-refractivity contribution >= 4 is 5.91 Å². The monoisotopic (exact) mass is 270 g/mol. The van der Waals surface area contributed by atoms with Crippen molar-refractivity contribution in [1.29, 1.82) is 0 Å². The van der Waals surface area contributed by atoms with Crippen LogP contribution < -0.4 is 11.1 Å². The van der Waals surface area contributed by atoms with Crippen LogP contribution in [0.3, 0.4) is 0 Å². The second kappa shape index (κ2) is 9.35. The molecule has 19 heavy (non-hydrogen) atoms. The quantitative estimate of drug-likeness (QED) is 0.638. The van der Waals surface area contributed by atoms with E-state index in [9.17, 15) is 4.79 Å². The van der Waals surface area contributed by atoms with Crippen LogP contribution in [0.1, 0.15) is 73.1 Å². The van der Waals surface area contributed by atoms with Crippen molar-refractivity contribution in [2.75, 3.05) is 6.54 Å². The molecule has 0 rings (SSSR count). The van der Waals surface area contributed by atoms with E-state index < -0.39 is 0 Å². The Kier molecular flexibility index (Phi) is 9.07. The van der Waals surface area contributed by atoms with Crippen LogP contribution in [0, 0.1) is 11.3 Å². The minimum Gasteiger partial charge on any atom is -0.353 e. The van der Waals surface area contributed by atoms with Crippen molar-refractivity contribution in [1.82, 2.24) is 5.32 Å². The van der Waals surface area contributed by atoms with Crippen LogP contribution in [0.5, 0.6) is 0 Å². The van der Waals surface area contributed by atoms with Gasteiger partial charge >= 0.3 is 0 Å². The Hall–Kier alpha value is -0.570. The molecule has 0 bridgehead atoms. The van der Waals surface area contributed by atoms with E-state index in [0.717, 1.165) is 38.5 Å². The predicted molar refractivity (Wildman–Crippen MR) is 83.0 cm³/mol. The number of hydrogen-bond acceptors (Lipinski definition) is 2. The summed E-state index contributed by atoms with van der Waals surface area (Å²) in [4.78, 5) is 12.6. The zero-order valence-corrected chi connectivity index (χ0v) is 13.6. The smallest absolute Gasteiger partial charge is 0.227 e. The van der Waals surface area contributed by atoms with Gasteiger partial charge in [0.25, 0.3) is 0 Å². The predicted octanol–water partition coefficient (Wildman–Crippen LogP) is 3.47. The SMILES string of the molecule is CCCC(CN)(CCC)C(=O)NC(C)CC(C)CC. The van der Waals surface area contributed by atoms with Gasteiger partial charge in [-0.3, -0.25) is 4.79 Å². The van der Waals surface area contributed by atoms with Gasteiger partial charge in [0, 0.05) is 12.6 Å². The molecule has 0 aromatic carbocycles. The summed E-state index contributed by atoms with van der Waals surface area (Å²) in [7, 11) is 0. The molecule has 1 amide bonds. The number of rotatable bonds is 10. The molecule has 0 saturated carbocycles. The van der Waals surface area contributed by atoms with E-state index in [0.29, 0.717) is 12.5 Å². The normalized spacial score (nSPS) is 15.1. The van der Waals surface area contributed by atoms with Crippen molar-refractivity contribution < 1.29 is 4.79 Å². The van der Waals surface area contributed by atoms with Gasteiger partial charge in [-0.1, -0.05) is 47.0 Å². The van der Waals surface area contributed by atoms with Crippen LogP contribution in [0.15, 0.2) is 0 Å². The Balaban J connectivity index is 4.62. The first kappa shape index (κ1) is 18.4. The molecule has 0 radical (unpaired) electrons. The molecule has 2 atom stereocenters. The van der Waals surface area contributed by atoms with Gasteiger partial charge in [-0.15, -0.1) is 0 Å². The molecule has 0 aliphatic heterocycles. The summed E-state index contributed by atoms with van der Waals surface area (Å²) in [5, 5.41) is 3.19. The molecule has 0 aliphatic carbocycles. The first-order chi connectivity index (χ1) is 8.95. The molecular weight excluding hydrogens is 236 g/mol. The zero-order chi connectivity index (χ0) is 14.9. The van der Waals surface area contributed by atoms with Gasteiger partial charge in [0.2, 0.25) is 5.91 Å². The van der Waals surface area contributed by atoms with Crippen LogP contribution in [-0.2, 0) is 4.79 Å². The molecule has 0 spiro atoms. The molecule has 0 saturated heterocycles. The molecule has 3 nitrogen and oxygen atoms in total. The average molecular weight is 270 g/mol. The first-order valence-corrected chi connectivity index (χ1v) is 7.96. The summed E-state index contributed by atoms with van der Waals surface area (Å²) >= 11 is 0. The van der Waals surface area contributed by atoms with Crippen molar-refractivity contribution in [2.45, 2.75) is 79.2 Å². The van der Waals surface area contributed by atoms with Crippen molar-refractivity contribution in [2.24, 2.45) is 17.1 Å². The molecule has 0 fully saturated rings. The maximum atomic E-state index is 12.6. The fourth-order valence-electron chi connectivity index (χ4n) is 2.81. The third-order valence-electron chi connectivity index (χ3n) is 4.16. The fraction of sp³-hybridized carbons (Fsp3) is 0.938. The first-order valence-electron chi connectivity index (χ1n) is 7.96. The largest absolute Gasteiger partial charge is 0.353 e. The Morgan fingerprint density at radius 3 is 2.05 bits per heavy atom. The Morgan fingerprint density at radius 2 is 1.68 bits per heavy atom. The highest BCUT2D eigenvalue weighted by atomic mass is 16.2. The third kappa shape index (κ3) is 5.94. The maximum Gasteiger partial charge on any atom is 0.227 e. The summed E-state index contributed by atoms with van der Waals surface area (Å²) < 4.78 is 0. The van der Waals surface area contributed by atoms with E-state index in [-0.39, 0.29) is 17.4 Å². The van der Waals surface area contributed by atoms with Crippen LogP contribution in [0.4, 0.5) is 0 Å². The van der Waals surface area contributed by atoms with Gasteiger partial charge in [0.1, 0.15) is 0 Å². The molecular formula is C16H34N2O. The van der Waals surface area contributed by atoms with Gasteiger partial charge in [0.05, 0.1) is 5.41 Å². The second-order valence-corrected chi connectivity index (χ2v) is 6.11. The number of carbonyl (C=O) groups is 1. The summed E-state index contributed by atoms with van der Waals surface area (Å²) in [5.74, 6) is 0.814. The maximum absolute atomic E-state index is 12.6. The number of nitrogens with one attached hydrogen (secondary N) is 1. The average Bonchev–Trinajstić information content (AvgIpc) is 2.37. The van der Waals surface area contributed by atoms with E-state index >= 15 is 0 Å². The van der Waals surface area contributed by atoms with Crippen molar-refractivity contribution in [3.63, 3.8) is 0 Å². The van der Waals surface area contributed by atoms with E-state index in [1.165, 1.54) is 0 Å². The number of hydrogen-bond donors (Lipinski definition) is 2. The van der Waals surface area contributed by atoms with Crippen LogP contribution in [0.2, 0.25) is 0 Å². The Bertz CT molecular complexity index is 247. The van der Waals surface area contributed by atoms with E-state index in [4.69, 9.17) is 5.73 Å². The van der Waals surface area contributed by atoms with Gasteiger partial charge < -0.3 is 11.1 Å². The second-order valence-electron chi connectivity index (χ2n) is 6.11. The summed E-state index contributed by atoms with van der Waals surface area (Å²) in [5.41, 5.74) is 5.57. The van der Waals surface area contributed by atoms with E-state index in [1.54, 1.807) is 0 Å². The Morgan fingerprint density at radius 1 is 1.16 bits per heavy atom. The molecule has 0 aliphatic rings. The highest BCUT2D eigenvalue weighted by Gasteiger charge is 2.35. The van der Waals surface area contributed by atoms with Crippen molar-refractivity contribution in [3.8, 4) is 0 Å². The number of amides is 1. The van der Waals surface area contributed by atoms with E-state index in [2.05, 4.69) is 39.9 Å². The summed E-state index contributed by atoms with van der Waals surface area (Å²) in [6, 6.07) is 0.238. The lowest BCUT2D eigenvalue weighted by atomic mass is 9.78. The topological polar surface area (TPSA) is 55.1 Å². The lowest BCUT2D eigenvalue weighted by Crippen LogP contribution is -2.49. The van der Waals surface area contributed by atoms with E-state index in [1.807, 2.05) is 0 Å². The Labute approximate surface area is 119 Å². The third-order valence-corrected chi connectivity index (χ3v) is 4.16.